The van der Waals surface area contributed by atoms with Crippen LogP contribution >= 0.6 is 11.3 Å². The average molecular weight is 467 g/mol. The first-order valence-corrected chi connectivity index (χ1v) is 12.2. The van der Waals surface area contributed by atoms with Gasteiger partial charge in [0.15, 0.2) is 5.13 Å². The number of amides is 2. The van der Waals surface area contributed by atoms with Gasteiger partial charge in [-0.05, 0) is 73.9 Å². The lowest BCUT2D eigenvalue weighted by atomic mass is 10.1. The molecule has 0 saturated carbocycles. The molecule has 9 heteroatoms. The van der Waals surface area contributed by atoms with Gasteiger partial charge >= 0.3 is 6.03 Å². The third-order valence-electron chi connectivity index (χ3n) is 4.98. The number of urea groups is 1. The lowest BCUT2D eigenvalue weighted by molar-refractivity contribution is 0.262. The SMILES string of the molecule is Cc1ccc(NC(=O)Nc2cc(C)c3nc(NS(=O)(=O)c4ccccc4)sc3c2)cc1C. The van der Waals surface area contributed by atoms with Crippen molar-refractivity contribution in [2.75, 3.05) is 15.4 Å². The smallest absolute Gasteiger partial charge is 0.308 e. The van der Waals surface area contributed by atoms with Crippen molar-refractivity contribution in [3.8, 4) is 0 Å². The van der Waals surface area contributed by atoms with Crippen LogP contribution in [0.5, 0.6) is 0 Å². The van der Waals surface area contributed by atoms with E-state index < -0.39 is 10.0 Å². The average Bonchev–Trinajstić information content (AvgIpc) is 3.13. The van der Waals surface area contributed by atoms with E-state index in [1.54, 1.807) is 30.3 Å². The molecule has 0 aliphatic rings. The molecule has 4 aromatic rings. The molecule has 0 bridgehead atoms. The van der Waals surface area contributed by atoms with E-state index in [-0.39, 0.29) is 16.1 Å². The van der Waals surface area contributed by atoms with Gasteiger partial charge in [-0.3, -0.25) is 4.72 Å². The summed E-state index contributed by atoms with van der Waals surface area (Å²) in [6.45, 7) is 5.87. The largest absolute Gasteiger partial charge is 0.323 e. The number of aromatic nitrogens is 1. The highest BCUT2D eigenvalue weighted by molar-refractivity contribution is 7.93. The Hall–Kier alpha value is -3.43. The third kappa shape index (κ3) is 4.74. The molecule has 3 aromatic carbocycles. The molecule has 1 aromatic heterocycles. The van der Waals surface area contributed by atoms with Gasteiger partial charge in [-0.2, -0.15) is 0 Å². The summed E-state index contributed by atoms with van der Waals surface area (Å²) in [6, 6.07) is 17.1. The second-order valence-corrected chi connectivity index (χ2v) is 10.2. The minimum absolute atomic E-state index is 0.168. The number of anilines is 3. The minimum Gasteiger partial charge on any atom is -0.308 e. The summed E-state index contributed by atoms with van der Waals surface area (Å²) >= 11 is 1.21. The number of sulfonamides is 1. The summed E-state index contributed by atoms with van der Waals surface area (Å²) in [5, 5.41) is 5.92. The Morgan fingerprint density at radius 2 is 1.53 bits per heavy atom. The van der Waals surface area contributed by atoms with E-state index in [1.807, 2.05) is 39.0 Å². The predicted molar refractivity (Wildman–Crippen MR) is 130 cm³/mol. The van der Waals surface area contributed by atoms with Gasteiger partial charge in [0.25, 0.3) is 10.0 Å². The number of hydrogen-bond donors (Lipinski definition) is 3. The molecule has 0 aliphatic heterocycles. The number of carbonyl (C=O) groups excluding carboxylic acids is 1. The second-order valence-electron chi connectivity index (χ2n) is 7.46. The van der Waals surface area contributed by atoms with Crippen LogP contribution in [0.3, 0.4) is 0 Å². The second kappa shape index (κ2) is 8.60. The molecule has 0 unspecified atom stereocenters. The van der Waals surface area contributed by atoms with Crippen molar-refractivity contribution in [1.82, 2.24) is 4.98 Å². The summed E-state index contributed by atoms with van der Waals surface area (Å²) in [7, 11) is -3.73. The number of nitrogens with zero attached hydrogens (tertiary/aromatic N) is 1. The molecule has 0 spiro atoms. The summed E-state index contributed by atoms with van der Waals surface area (Å²) < 4.78 is 28.5. The van der Waals surface area contributed by atoms with E-state index in [1.165, 1.54) is 23.5 Å². The number of aryl methyl sites for hydroxylation is 3. The highest BCUT2D eigenvalue weighted by Gasteiger charge is 2.17. The Labute approximate surface area is 190 Å². The Bertz CT molecular complexity index is 1410. The monoisotopic (exact) mass is 466 g/mol. The maximum Gasteiger partial charge on any atom is 0.323 e. The maximum absolute atomic E-state index is 12.6. The fraction of sp³-hybridized carbons (Fsp3) is 0.130. The van der Waals surface area contributed by atoms with Crippen molar-refractivity contribution in [3.05, 3.63) is 77.4 Å². The number of rotatable bonds is 5. The van der Waals surface area contributed by atoms with Crippen LogP contribution in [-0.4, -0.2) is 19.4 Å². The summed E-state index contributed by atoms with van der Waals surface area (Å²) in [4.78, 5) is 17.0. The Balaban J connectivity index is 1.53. The quantitative estimate of drug-likeness (QED) is 0.353. The number of thiazole rings is 1. The first-order valence-electron chi connectivity index (χ1n) is 9.85. The molecular formula is C23H22N4O3S2. The standard InChI is InChI=1S/C23H22N4O3S2/c1-14-9-10-17(11-15(14)2)24-22(28)25-18-12-16(3)21-20(13-18)31-23(26-21)27-32(29,30)19-7-5-4-6-8-19/h4-13H,1-3H3,(H,26,27)(H2,24,25,28). The van der Waals surface area contributed by atoms with Gasteiger partial charge in [-0.15, -0.1) is 0 Å². The lowest BCUT2D eigenvalue weighted by Gasteiger charge is -2.10. The minimum atomic E-state index is -3.73. The van der Waals surface area contributed by atoms with Gasteiger partial charge in [0.1, 0.15) is 0 Å². The van der Waals surface area contributed by atoms with Gasteiger partial charge in [0.05, 0.1) is 15.1 Å². The molecule has 3 N–H and O–H groups in total. The van der Waals surface area contributed by atoms with Crippen molar-refractivity contribution in [3.63, 3.8) is 0 Å². The number of benzene rings is 3. The first kappa shape index (κ1) is 21.8. The molecule has 2 amide bonds. The van der Waals surface area contributed by atoms with E-state index in [9.17, 15) is 13.2 Å². The van der Waals surface area contributed by atoms with E-state index in [4.69, 9.17) is 0 Å². The Morgan fingerprint density at radius 1 is 0.844 bits per heavy atom. The Kier molecular flexibility index (Phi) is 5.86. The van der Waals surface area contributed by atoms with Crippen molar-refractivity contribution in [1.29, 1.82) is 0 Å². The molecular weight excluding hydrogens is 444 g/mol. The van der Waals surface area contributed by atoms with Crippen LogP contribution in [-0.2, 0) is 10.0 Å². The van der Waals surface area contributed by atoms with Crippen LogP contribution in [0, 0.1) is 20.8 Å². The number of carbonyl (C=O) groups is 1. The fourth-order valence-corrected chi connectivity index (χ4v) is 5.44. The number of nitrogens with one attached hydrogen (secondary N) is 3. The maximum atomic E-state index is 12.6. The first-order chi connectivity index (χ1) is 15.2. The number of hydrogen-bond acceptors (Lipinski definition) is 5. The van der Waals surface area contributed by atoms with Crippen molar-refractivity contribution < 1.29 is 13.2 Å². The summed E-state index contributed by atoms with van der Waals surface area (Å²) in [5.74, 6) is 0. The molecule has 0 atom stereocenters. The van der Waals surface area contributed by atoms with Crippen molar-refractivity contribution in [2.45, 2.75) is 25.7 Å². The molecule has 0 radical (unpaired) electrons. The van der Waals surface area contributed by atoms with Crippen LogP contribution in [0.25, 0.3) is 10.2 Å². The van der Waals surface area contributed by atoms with Gasteiger partial charge in [0, 0.05) is 11.4 Å². The van der Waals surface area contributed by atoms with E-state index in [0.717, 1.165) is 21.4 Å². The normalized spacial score (nSPS) is 11.3. The molecule has 0 aliphatic carbocycles. The van der Waals surface area contributed by atoms with Gasteiger partial charge < -0.3 is 10.6 Å². The van der Waals surface area contributed by atoms with E-state index in [2.05, 4.69) is 20.3 Å². The van der Waals surface area contributed by atoms with Crippen LogP contribution in [0.4, 0.5) is 21.3 Å². The molecule has 164 valence electrons. The van der Waals surface area contributed by atoms with Gasteiger partial charge in [0.2, 0.25) is 0 Å². The summed E-state index contributed by atoms with van der Waals surface area (Å²) in [5.41, 5.74) is 5.05. The van der Waals surface area contributed by atoms with Crippen LogP contribution in [0.2, 0.25) is 0 Å². The van der Waals surface area contributed by atoms with Gasteiger partial charge in [-0.1, -0.05) is 35.6 Å². The third-order valence-corrected chi connectivity index (χ3v) is 7.39. The van der Waals surface area contributed by atoms with E-state index >= 15 is 0 Å². The zero-order valence-corrected chi connectivity index (χ0v) is 19.4. The molecule has 4 rings (SSSR count). The fourth-order valence-electron chi connectivity index (χ4n) is 3.20. The molecule has 1 heterocycles. The predicted octanol–water partition coefficient (Wildman–Crippen LogP) is 5.67. The molecule has 0 fully saturated rings. The zero-order chi connectivity index (χ0) is 22.9. The highest BCUT2D eigenvalue weighted by atomic mass is 32.2. The molecule has 32 heavy (non-hydrogen) atoms. The molecule has 7 nitrogen and oxygen atoms in total. The summed E-state index contributed by atoms with van der Waals surface area (Å²) in [6.07, 6.45) is 0. The topological polar surface area (TPSA) is 100 Å². The Morgan fingerprint density at radius 3 is 2.25 bits per heavy atom. The lowest BCUT2D eigenvalue weighted by Crippen LogP contribution is -2.19. The van der Waals surface area contributed by atoms with Crippen LogP contribution in [0.15, 0.2) is 65.6 Å². The molecule has 0 saturated heterocycles. The van der Waals surface area contributed by atoms with Crippen LogP contribution in [0.1, 0.15) is 16.7 Å². The number of fused-ring (bicyclic) bond motifs is 1. The van der Waals surface area contributed by atoms with Crippen molar-refractivity contribution in [2.24, 2.45) is 0 Å². The van der Waals surface area contributed by atoms with Gasteiger partial charge in [-0.25, -0.2) is 18.2 Å². The van der Waals surface area contributed by atoms with E-state index in [0.29, 0.717) is 16.9 Å². The van der Waals surface area contributed by atoms with Crippen molar-refractivity contribution >= 4 is 54.1 Å². The van der Waals surface area contributed by atoms with Crippen LogP contribution < -0.4 is 15.4 Å². The zero-order valence-electron chi connectivity index (χ0n) is 17.8. The highest BCUT2D eigenvalue weighted by Crippen LogP contribution is 2.32.